The molecule has 6 heteroatoms. The molecule has 3 rings (SSSR count). The van der Waals surface area contributed by atoms with Crippen LogP contribution >= 0.6 is 11.6 Å². The first-order chi connectivity index (χ1) is 9.58. The number of guanidine groups is 1. The molecule has 0 fully saturated rings. The molecule has 0 bridgehead atoms. The second kappa shape index (κ2) is 4.76. The van der Waals surface area contributed by atoms with Crippen molar-refractivity contribution in [3.63, 3.8) is 0 Å². The van der Waals surface area contributed by atoms with Crippen LogP contribution in [0.2, 0.25) is 5.02 Å². The molecule has 0 saturated heterocycles. The van der Waals surface area contributed by atoms with Gasteiger partial charge in [-0.3, -0.25) is 9.69 Å². The Kier molecular flexibility index (Phi) is 3.06. The Labute approximate surface area is 120 Å². The lowest BCUT2D eigenvalue weighted by Crippen LogP contribution is -2.49. The summed E-state index contributed by atoms with van der Waals surface area (Å²) in [7, 11) is 0. The molecular formula is C14H11ClFN3O. The number of anilines is 1. The SMILES string of the molecule is Cc1cc(N2C(=O)C=C(F)N3C=CCN=C32)ccc1Cl. The van der Waals surface area contributed by atoms with Crippen molar-refractivity contribution in [2.24, 2.45) is 4.99 Å². The van der Waals surface area contributed by atoms with Crippen molar-refractivity contribution in [1.82, 2.24) is 4.90 Å². The highest BCUT2D eigenvalue weighted by molar-refractivity contribution is 6.31. The third-order valence-corrected chi connectivity index (χ3v) is 3.52. The highest BCUT2D eigenvalue weighted by atomic mass is 35.5. The molecular weight excluding hydrogens is 281 g/mol. The molecule has 0 spiro atoms. The number of aliphatic imine (C=N–C) groups is 1. The molecule has 1 aromatic rings. The van der Waals surface area contributed by atoms with E-state index in [4.69, 9.17) is 11.6 Å². The minimum atomic E-state index is -0.633. The van der Waals surface area contributed by atoms with E-state index in [1.165, 1.54) is 9.80 Å². The Hall–Kier alpha value is -2.14. The van der Waals surface area contributed by atoms with Crippen LogP contribution in [0.5, 0.6) is 0 Å². The maximum absolute atomic E-state index is 13.8. The number of aryl methyl sites for hydroxylation is 1. The van der Waals surface area contributed by atoms with Gasteiger partial charge in [-0.2, -0.15) is 4.39 Å². The first-order valence-electron chi connectivity index (χ1n) is 6.06. The van der Waals surface area contributed by atoms with E-state index in [1.54, 1.807) is 30.5 Å². The van der Waals surface area contributed by atoms with Gasteiger partial charge in [0, 0.05) is 11.2 Å². The summed E-state index contributed by atoms with van der Waals surface area (Å²) in [6.45, 7) is 2.26. The molecule has 1 amide bonds. The predicted molar refractivity (Wildman–Crippen MR) is 76.1 cm³/mol. The van der Waals surface area contributed by atoms with Crippen molar-refractivity contribution in [1.29, 1.82) is 0 Å². The molecule has 0 unspecified atom stereocenters. The minimum absolute atomic E-state index is 0.263. The van der Waals surface area contributed by atoms with E-state index >= 15 is 0 Å². The van der Waals surface area contributed by atoms with E-state index in [9.17, 15) is 9.18 Å². The summed E-state index contributed by atoms with van der Waals surface area (Å²) in [6.07, 6.45) is 4.23. The fraction of sp³-hybridized carbons (Fsp3) is 0.143. The van der Waals surface area contributed by atoms with Gasteiger partial charge in [0.05, 0.1) is 18.3 Å². The van der Waals surface area contributed by atoms with E-state index in [1.807, 2.05) is 6.92 Å². The fourth-order valence-electron chi connectivity index (χ4n) is 2.12. The summed E-state index contributed by atoms with van der Waals surface area (Å²) in [6, 6.07) is 5.19. The van der Waals surface area contributed by atoms with Crippen LogP contribution in [-0.2, 0) is 4.79 Å². The van der Waals surface area contributed by atoms with Crippen molar-refractivity contribution in [3.8, 4) is 0 Å². The molecule has 1 aromatic carbocycles. The van der Waals surface area contributed by atoms with Gasteiger partial charge in [-0.25, -0.2) is 9.89 Å². The van der Waals surface area contributed by atoms with Crippen molar-refractivity contribution in [2.75, 3.05) is 11.4 Å². The first-order valence-corrected chi connectivity index (χ1v) is 6.43. The Morgan fingerprint density at radius 1 is 1.40 bits per heavy atom. The second-order valence-electron chi connectivity index (χ2n) is 4.47. The van der Waals surface area contributed by atoms with E-state index in [0.29, 0.717) is 17.3 Å². The molecule has 20 heavy (non-hydrogen) atoms. The van der Waals surface area contributed by atoms with Crippen molar-refractivity contribution >= 4 is 29.2 Å². The molecule has 2 aliphatic rings. The quantitative estimate of drug-likeness (QED) is 0.746. The maximum atomic E-state index is 13.8. The number of benzene rings is 1. The highest BCUT2D eigenvalue weighted by Gasteiger charge is 2.32. The van der Waals surface area contributed by atoms with E-state index in [-0.39, 0.29) is 5.96 Å². The zero-order valence-corrected chi connectivity index (χ0v) is 11.4. The van der Waals surface area contributed by atoms with Crippen LogP contribution in [0.3, 0.4) is 0 Å². The average Bonchev–Trinajstić information content (AvgIpc) is 2.43. The van der Waals surface area contributed by atoms with Gasteiger partial charge in [0.1, 0.15) is 0 Å². The number of carbonyl (C=O) groups is 1. The van der Waals surface area contributed by atoms with Gasteiger partial charge < -0.3 is 0 Å². The number of nitrogens with zero attached hydrogens (tertiary/aromatic N) is 3. The van der Waals surface area contributed by atoms with Crippen LogP contribution in [-0.4, -0.2) is 23.3 Å². The molecule has 0 radical (unpaired) electrons. The lowest BCUT2D eigenvalue weighted by molar-refractivity contribution is -0.113. The van der Waals surface area contributed by atoms with Gasteiger partial charge in [-0.1, -0.05) is 11.6 Å². The number of fused-ring (bicyclic) bond motifs is 1. The molecule has 0 atom stereocenters. The van der Waals surface area contributed by atoms with Gasteiger partial charge in [0.15, 0.2) is 0 Å². The number of carbonyl (C=O) groups excluding carboxylic acids is 1. The van der Waals surface area contributed by atoms with Gasteiger partial charge in [-0.05, 0) is 36.8 Å². The molecule has 0 saturated carbocycles. The van der Waals surface area contributed by atoms with E-state index in [2.05, 4.69) is 4.99 Å². The standard InChI is InChI=1S/C14H11ClFN3O/c1-9-7-10(3-4-11(9)15)19-13(20)8-12(16)18-6-2-5-17-14(18)19/h2-4,6-8H,5H2,1H3. The number of halogens is 2. The van der Waals surface area contributed by atoms with Crippen LogP contribution in [0.15, 0.2) is 47.5 Å². The molecule has 0 aromatic heterocycles. The lowest BCUT2D eigenvalue weighted by atomic mass is 10.2. The van der Waals surface area contributed by atoms with E-state index in [0.717, 1.165) is 11.6 Å². The number of rotatable bonds is 1. The summed E-state index contributed by atoms with van der Waals surface area (Å²) < 4.78 is 13.8. The minimum Gasteiger partial charge on any atom is -0.269 e. The first kappa shape index (κ1) is 12.9. The summed E-state index contributed by atoms with van der Waals surface area (Å²) >= 11 is 5.99. The zero-order valence-electron chi connectivity index (χ0n) is 10.7. The van der Waals surface area contributed by atoms with Gasteiger partial charge in [-0.15, -0.1) is 0 Å². The van der Waals surface area contributed by atoms with Crippen LogP contribution in [0.4, 0.5) is 10.1 Å². The maximum Gasteiger partial charge on any atom is 0.262 e. The molecule has 0 N–H and O–H groups in total. The van der Waals surface area contributed by atoms with Crippen LogP contribution in [0, 0.1) is 6.92 Å². The Bertz CT molecular complexity index is 681. The lowest BCUT2D eigenvalue weighted by Gasteiger charge is -2.34. The third-order valence-electron chi connectivity index (χ3n) is 3.10. The smallest absolute Gasteiger partial charge is 0.262 e. The largest absolute Gasteiger partial charge is 0.269 e. The Morgan fingerprint density at radius 3 is 2.95 bits per heavy atom. The normalized spacial score (nSPS) is 17.9. The third kappa shape index (κ3) is 2.00. The summed E-state index contributed by atoms with van der Waals surface area (Å²) in [4.78, 5) is 18.9. The second-order valence-corrected chi connectivity index (χ2v) is 4.88. The monoisotopic (exact) mass is 291 g/mol. The Morgan fingerprint density at radius 2 is 2.20 bits per heavy atom. The predicted octanol–water partition coefficient (Wildman–Crippen LogP) is 2.99. The number of hydrogen-bond donors (Lipinski definition) is 0. The summed E-state index contributed by atoms with van der Waals surface area (Å²) in [5.41, 5.74) is 1.45. The van der Waals surface area contributed by atoms with Crippen LogP contribution < -0.4 is 4.90 Å². The fourth-order valence-corrected chi connectivity index (χ4v) is 2.24. The van der Waals surface area contributed by atoms with Crippen molar-refractivity contribution in [3.05, 3.63) is 53.1 Å². The van der Waals surface area contributed by atoms with Crippen molar-refractivity contribution < 1.29 is 9.18 Å². The van der Waals surface area contributed by atoms with Crippen LogP contribution in [0.1, 0.15) is 5.56 Å². The summed E-state index contributed by atoms with van der Waals surface area (Å²) in [5, 5.41) is 0.613. The number of amides is 1. The van der Waals surface area contributed by atoms with Gasteiger partial charge in [0.2, 0.25) is 11.9 Å². The van der Waals surface area contributed by atoms with Gasteiger partial charge >= 0.3 is 0 Å². The van der Waals surface area contributed by atoms with E-state index < -0.39 is 11.9 Å². The summed E-state index contributed by atoms with van der Waals surface area (Å²) in [5.74, 6) is -0.833. The van der Waals surface area contributed by atoms with Crippen molar-refractivity contribution in [2.45, 2.75) is 6.92 Å². The zero-order chi connectivity index (χ0) is 14.3. The molecule has 0 aliphatic carbocycles. The Balaban J connectivity index is 2.10. The topological polar surface area (TPSA) is 35.9 Å². The van der Waals surface area contributed by atoms with Crippen LogP contribution in [0.25, 0.3) is 0 Å². The molecule has 4 nitrogen and oxygen atoms in total. The molecule has 102 valence electrons. The van der Waals surface area contributed by atoms with Gasteiger partial charge in [0.25, 0.3) is 5.91 Å². The molecule has 2 heterocycles. The number of hydrogen-bond acceptors (Lipinski definition) is 3. The highest BCUT2D eigenvalue weighted by Crippen LogP contribution is 2.28. The molecule has 2 aliphatic heterocycles. The average molecular weight is 292 g/mol.